The molecular weight excluding hydrogens is 228 g/mol. The number of carbonyl (C=O) groups is 1. The van der Waals surface area contributed by atoms with Crippen molar-refractivity contribution in [2.45, 2.75) is 19.4 Å². The van der Waals surface area contributed by atoms with Gasteiger partial charge in [-0.05, 0) is 6.42 Å². The summed E-state index contributed by atoms with van der Waals surface area (Å²) in [5, 5.41) is 8.10. The molecule has 1 aromatic rings. The van der Waals surface area contributed by atoms with E-state index in [2.05, 4.69) is 10.2 Å². The molecule has 1 amide bonds. The minimum Gasteiger partial charge on any atom is -0.377 e. The van der Waals surface area contributed by atoms with Crippen molar-refractivity contribution in [2.24, 2.45) is 0 Å². The van der Waals surface area contributed by atoms with Crippen LogP contribution in [-0.4, -0.2) is 46.8 Å². The van der Waals surface area contributed by atoms with E-state index in [1.165, 1.54) is 0 Å². The van der Waals surface area contributed by atoms with E-state index in [0.717, 1.165) is 17.8 Å². The number of rotatable bonds is 2. The van der Waals surface area contributed by atoms with Crippen LogP contribution in [0.3, 0.4) is 0 Å². The molecule has 1 aliphatic rings. The van der Waals surface area contributed by atoms with Crippen molar-refractivity contribution >= 4 is 22.4 Å². The molecule has 1 fully saturated rings. The van der Waals surface area contributed by atoms with Crippen molar-refractivity contribution in [1.29, 1.82) is 0 Å². The molecule has 1 aliphatic heterocycles. The molecule has 0 spiro atoms. The lowest BCUT2D eigenvalue weighted by molar-refractivity contribution is -0.00285. The third kappa shape index (κ3) is 2.14. The summed E-state index contributed by atoms with van der Waals surface area (Å²) in [5.74, 6) is -0.0932. The van der Waals surface area contributed by atoms with Crippen molar-refractivity contribution < 1.29 is 9.53 Å². The first kappa shape index (κ1) is 11.3. The predicted octanol–water partition coefficient (Wildman–Crippen LogP) is 0.371. The number of anilines is 1. The zero-order valence-electron chi connectivity index (χ0n) is 9.05. The lowest BCUT2D eigenvalue weighted by atomic mass is 10.2. The van der Waals surface area contributed by atoms with Gasteiger partial charge in [0, 0.05) is 6.54 Å². The maximum atomic E-state index is 12.1. The Kier molecular flexibility index (Phi) is 3.35. The Morgan fingerprint density at radius 1 is 1.69 bits per heavy atom. The number of morpholine rings is 1. The van der Waals surface area contributed by atoms with Crippen LogP contribution < -0.4 is 5.73 Å². The van der Waals surface area contributed by atoms with Crippen molar-refractivity contribution in [2.75, 3.05) is 25.5 Å². The Morgan fingerprint density at radius 3 is 3.12 bits per heavy atom. The van der Waals surface area contributed by atoms with Crippen LogP contribution in [0.15, 0.2) is 0 Å². The topological polar surface area (TPSA) is 81.3 Å². The number of nitrogens with two attached hydrogens (primary N) is 1. The first-order valence-corrected chi connectivity index (χ1v) is 6.01. The SMILES string of the molecule is CCC1COCCN1C(=O)c1nnc(N)s1. The number of hydrogen-bond donors (Lipinski definition) is 1. The van der Waals surface area contributed by atoms with Gasteiger partial charge in [0.25, 0.3) is 5.91 Å². The Bertz CT molecular complexity index is 381. The number of amides is 1. The minimum absolute atomic E-state index is 0.0932. The average Bonchev–Trinajstić information content (AvgIpc) is 2.75. The van der Waals surface area contributed by atoms with Gasteiger partial charge < -0.3 is 15.4 Å². The molecule has 0 bridgehead atoms. The summed E-state index contributed by atoms with van der Waals surface area (Å²) in [6, 6.07) is 0.131. The fourth-order valence-electron chi connectivity index (χ4n) is 1.70. The van der Waals surface area contributed by atoms with E-state index in [9.17, 15) is 4.79 Å². The molecule has 6 nitrogen and oxygen atoms in total. The summed E-state index contributed by atoms with van der Waals surface area (Å²) < 4.78 is 5.34. The van der Waals surface area contributed by atoms with Crippen molar-refractivity contribution in [3.63, 3.8) is 0 Å². The zero-order chi connectivity index (χ0) is 11.5. The Labute approximate surface area is 97.4 Å². The van der Waals surface area contributed by atoms with E-state index < -0.39 is 0 Å². The van der Waals surface area contributed by atoms with Crippen LogP contribution in [0.5, 0.6) is 0 Å². The van der Waals surface area contributed by atoms with E-state index in [4.69, 9.17) is 10.5 Å². The Morgan fingerprint density at radius 2 is 2.50 bits per heavy atom. The summed E-state index contributed by atoms with van der Waals surface area (Å²) >= 11 is 1.13. The molecule has 88 valence electrons. The summed E-state index contributed by atoms with van der Waals surface area (Å²) in [7, 11) is 0. The maximum Gasteiger partial charge on any atom is 0.285 e. The van der Waals surface area contributed by atoms with Gasteiger partial charge in [-0.15, -0.1) is 10.2 Å². The fraction of sp³-hybridized carbons (Fsp3) is 0.667. The number of nitrogen functional groups attached to an aromatic ring is 1. The predicted molar refractivity (Wildman–Crippen MR) is 60.3 cm³/mol. The van der Waals surface area contributed by atoms with E-state index in [1.807, 2.05) is 6.92 Å². The summed E-state index contributed by atoms with van der Waals surface area (Å²) in [6.45, 7) is 3.82. The van der Waals surface area contributed by atoms with E-state index in [1.54, 1.807) is 4.90 Å². The third-order valence-corrected chi connectivity index (χ3v) is 3.32. The van der Waals surface area contributed by atoms with Crippen LogP contribution in [0.2, 0.25) is 0 Å². The molecule has 7 heteroatoms. The number of hydrogen-bond acceptors (Lipinski definition) is 6. The number of ether oxygens (including phenoxy) is 1. The Hall–Kier alpha value is -1.21. The van der Waals surface area contributed by atoms with Crippen LogP contribution in [-0.2, 0) is 4.74 Å². The van der Waals surface area contributed by atoms with Crippen LogP contribution in [0, 0.1) is 0 Å². The van der Waals surface area contributed by atoms with Gasteiger partial charge in [-0.2, -0.15) is 0 Å². The number of aromatic nitrogens is 2. The van der Waals surface area contributed by atoms with Crippen LogP contribution in [0.25, 0.3) is 0 Å². The second kappa shape index (κ2) is 4.75. The van der Waals surface area contributed by atoms with E-state index in [0.29, 0.717) is 29.9 Å². The minimum atomic E-state index is -0.0932. The molecule has 1 saturated heterocycles. The highest BCUT2D eigenvalue weighted by Gasteiger charge is 2.28. The first-order chi connectivity index (χ1) is 7.72. The van der Waals surface area contributed by atoms with E-state index >= 15 is 0 Å². The highest BCUT2D eigenvalue weighted by Crippen LogP contribution is 2.18. The van der Waals surface area contributed by atoms with Gasteiger partial charge in [-0.25, -0.2) is 0 Å². The van der Waals surface area contributed by atoms with Gasteiger partial charge in [0.05, 0.1) is 19.3 Å². The third-order valence-electron chi connectivity index (χ3n) is 2.58. The van der Waals surface area contributed by atoms with Crippen LogP contribution >= 0.6 is 11.3 Å². The van der Waals surface area contributed by atoms with Gasteiger partial charge in [0.2, 0.25) is 10.1 Å². The standard InChI is InChI=1S/C9H14N4O2S/c1-2-6-5-15-4-3-13(6)8(14)7-11-12-9(10)16-7/h6H,2-5H2,1H3,(H2,10,12). The number of carbonyl (C=O) groups excluding carboxylic acids is 1. The molecule has 0 radical (unpaired) electrons. The summed E-state index contributed by atoms with van der Waals surface area (Å²) in [5.41, 5.74) is 5.46. The lowest BCUT2D eigenvalue weighted by Gasteiger charge is -2.34. The molecule has 0 saturated carbocycles. The maximum absolute atomic E-state index is 12.1. The molecule has 16 heavy (non-hydrogen) atoms. The molecule has 0 aliphatic carbocycles. The zero-order valence-corrected chi connectivity index (χ0v) is 9.87. The van der Waals surface area contributed by atoms with Crippen LogP contribution in [0.1, 0.15) is 23.1 Å². The molecule has 2 heterocycles. The normalized spacial score (nSPS) is 21.1. The van der Waals surface area contributed by atoms with Crippen molar-refractivity contribution in [1.82, 2.24) is 15.1 Å². The average molecular weight is 242 g/mol. The van der Waals surface area contributed by atoms with E-state index in [-0.39, 0.29) is 11.9 Å². The van der Waals surface area contributed by atoms with Crippen LogP contribution in [0.4, 0.5) is 5.13 Å². The highest BCUT2D eigenvalue weighted by atomic mass is 32.1. The second-order valence-corrected chi connectivity index (χ2v) is 4.59. The van der Waals surface area contributed by atoms with Crippen molar-refractivity contribution in [3.8, 4) is 0 Å². The quantitative estimate of drug-likeness (QED) is 0.810. The van der Waals surface area contributed by atoms with Gasteiger partial charge >= 0.3 is 0 Å². The molecule has 1 atom stereocenters. The van der Waals surface area contributed by atoms with Gasteiger partial charge in [0.1, 0.15) is 0 Å². The number of nitrogens with zero attached hydrogens (tertiary/aromatic N) is 3. The molecule has 2 rings (SSSR count). The molecular formula is C9H14N4O2S. The lowest BCUT2D eigenvalue weighted by Crippen LogP contribution is -2.48. The van der Waals surface area contributed by atoms with Gasteiger partial charge in [0.15, 0.2) is 0 Å². The molecule has 1 unspecified atom stereocenters. The largest absolute Gasteiger partial charge is 0.377 e. The molecule has 1 aromatic heterocycles. The molecule has 0 aromatic carbocycles. The monoisotopic (exact) mass is 242 g/mol. The van der Waals surface area contributed by atoms with Gasteiger partial charge in [-0.3, -0.25) is 4.79 Å². The second-order valence-electron chi connectivity index (χ2n) is 3.58. The summed E-state index contributed by atoms with van der Waals surface area (Å²) in [4.78, 5) is 13.9. The first-order valence-electron chi connectivity index (χ1n) is 5.20. The van der Waals surface area contributed by atoms with Gasteiger partial charge in [-0.1, -0.05) is 18.3 Å². The highest BCUT2D eigenvalue weighted by molar-refractivity contribution is 7.16. The summed E-state index contributed by atoms with van der Waals surface area (Å²) in [6.07, 6.45) is 0.875. The fourth-order valence-corrected chi connectivity index (χ4v) is 2.27. The Balaban J connectivity index is 2.13. The molecule has 2 N–H and O–H groups in total. The smallest absolute Gasteiger partial charge is 0.285 e. The van der Waals surface area contributed by atoms with Crippen molar-refractivity contribution in [3.05, 3.63) is 5.01 Å².